The number of rotatable bonds is 12. The lowest BCUT2D eigenvalue weighted by molar-refractivity contribution is -0.709. The first kappa shape index (κ1) is 32.6. The van der Waals surface area contributed by atoms with Gasteiger partial charge in [0.1, 0.15) is 0 Å². The molecule has 0 atom stereocenters. The van der Waals surface area contributed by atoms with Crippen LogP contribution in [0.4, 0.5) is 18.0 Å². The SMILES string of the molecule is CCOC(=O)OCO/N=[N+](\[O-])N(CC)CC(=O)NS(=O)(=O)c1ccc(-n2nc(C(F)(F)F)cc2-c2ccc(C)cc2)cc1. The zero-order chi connectivity index (χ0) is 31.8. The van der Waals surface area contributed by atoms with Gasteiger partial charge in [-0.2, -0.15) is 18.3 Å². The molecule has 43 heavy (non-hydrogen) atoms. The number of aromatic nitrogens is 2. The van der Waals surface area contributed by atoms with Gasteiger partial charge in [0.2, 0.25) is 5.28 Å². The van der Waals surface area contributed by atoms with Gasteiger partial charge in [0, 0.05) is 5.56 Å². The maximum Gasteiger partial charge on any atom is 0.511 e. The second kappa shape index (κ2) is 13.9. The van der Waals surface area contributed by atoms with E-state index < -0.39 is 47.3 Å². The number of hydrogen-bond donors (Lipinski definition) is 1. The van der Waals surface area contributed by atoms with Crippen LogP contribution in [-0.2, 0) is 35.3 Å². The number of nitrogens with one attached hydrogen (secondary N) is 1. The molecule has 2 aromatic carbocycles. The van der Waals surface area contributed by atoms with Crippen LogP contribution in [-0.4, -0.2) is 66.7 Å². The van der Waals surface area contributed by atoms with E-state index in [0.29, 0.717) is 5.56 Å². The van der Waals surface area contributed by atoms with Gasteiger partial charge in [0.05, 0.1) is 34.4 Å². The van der Waals surface area contributed by atoms with Gasteiger partial charge in [0.25, 0.3) is 22.7 Å². The van der Waals surface area contributed by atoms with Crippen molar-refractivity contribution < 1.29 is 50.5 Å². The third-order valence-electron chi connectivity index (χ3n) is 5.54. The molecule has 1 aromatic heterocycles. The quantitative estimate of drug-likeness (QED) is 0.0775. The Kier molecular flexibility index (Phi) is 10.5. The summed E-state index contributed by atoms with van der Waals surface area (Å²) in [5.41, 5.74) is 0.470. The molecule has 1 heterocycles. The largest absolute Gasteiger partial charge is 0.569 e. The van der Waals surface area contributed by atoms with Crippen LogP contribution >= 0.6 is 0 Å². The van der Waals surface area contributed by atoms with Crippen molar-refractivity contribution in [3.8, 4) is 16.9 Å². The maximum absolute atomic E-state index is 13.5. The third kappa shape index (κ3) is 8.81. The van der Waals surface area contributed by atoms with Crippen LogP contribution < -0.4 is 4.72 Å². The van der Waals surface area contributed by atoms with Crippen LogP contribution in [0.3, 0.4) is 0 Å². The topological polar surface area (TPSA) is 167 Å². The van der Waals surface area contributed by atoms with Crippen molar-refractivity contribution in [1.29, 1.82) is 0 Å². The maximum atomic E-state index is 13.5. The predicted molar refractivity (Wildman–Crippen MR) is 141 cm³/mol. The molecule has 0 saturated carbocycles. The summed E-state index contributed by atoms with van der Waals surface area (Å²) in [5.74, 6) is -1.10. The summed E-state index contributed by atoms with van der Waals surface area (Å²) < 4.78 is 77.7. The van der Waals surface area contributed by atoms with Crippen LogP contribution in [0.1, 0.15) is 25.1 Å². The minimum atomic E-state index is -4.72. The van der Waals surface area contributed by atoms with E-state index >= 15 is 0 Å². The number of hydrogen-bond acceptors (Lipinski definition) is 10. The predicted octanol–water partition coefficient (Wildman–Crippen LogP) is 3.93. The Bertz CT molecular complexity index is 1560. The third-order valence-corrected chi connectivity index (χ3v) is 6.93. The van der Waals surface area contributed by atoms with Gasteiger partial charge < -0.3 is 19.5 Å². The number of aryl methyl sites for hydroxylation is 1. The highest BCUT2D eigenvalue weighted by Gasteiger charge is 2.35. The van der Waals surface area contributed by atoms with Crippen LogP contribution in [0.25, 0.3) is 16.9 Å². The molecule has 0 aliphatic carbocycles. The molecule has 0 spiro atoms. The van der Waals surface area contributed by atoms with Crippen molar-refractivity contribution in [2.75, 3.05) is 26.5 Å². The summed E-state index contributed by atoms with van der Waals surface area (Å²) in [6.07, 6.45) is -5.78. The molecule has 0 fully saturated rings. The summed E-state index contributed by atoms with van der Waals surface area (Å²) in [4.78, 5) is 27.5. The minimum absolute atomic E-state index is 0.0531. The number of likely N-dealkylation sites (N-methyl/N-ethyl adjacent to an activating group) is 1. The molecule has 1 amide bonds. The molecule has 0 aliphatic rings. The summed E-state index contributed by atoms with van der Waals surface area (Å²) in [7, 11) is -4.45. The first-order valence-corrected chi connectivity index (χ1v) is 14.0. The highest BCUT2D eigenvalue weighted by atomic mass is 32.2. The standard InChI is InChI=1S/C25H27F3N6O8S/c1-4-32(34(37)31-42-16-41-24(36)40-5-2)15-23(35)30-43(38,39)20-12-10-19(11-13-20)33-21(14-22(29-33)25(26,27)28)18-8-6-17(3)7-9-18/h6-14H,4-5,15-16H2,1-3H3,(H,30,35)/b34-31-. The summed E-state index contributed by atoms with van der Waals surface area (Å²) in [6.45, 7) is 3.30. The summed E-state index contributed by atoms with van der Waals surface area (Å²) in [5, 5.41) is 19.6. The second-order valence-electron chi connectivity index (χ2n) is 8.60. The van der Waals surface area contributed by atoms with Crippen molar-refractivity contribution in [1.82, 2.24) is 19.5 Å². The molecule has 3 rings (SSSR count). The number of carbonyl (C=O) groups excluding carboxylic acids is 2. The highest BCUT2D eigenvalue weighted by Crippen LogP contribution is 2.33. The molecule has 0 radical (unpaired) electrons. The van der Waals surface area contributed by atoms with E-state index in [2.05, 4.69) is 24.7 Å². The molecule has 1 N–H and O–H groups in total. The van der Waals surface area contributed by atoms with E-state index in [-0.39, 0.29) is 34.4 Å². The van der Waals surface area contributed by atoms with Gasteiger partial charge >= 0.3 is 12.3 Å². The Hall–Kier alpha value is -4.87. The normalized spacial score (nSPS) is 12.0. The average Bonchev–Trinajstić information content (AvgIpc) is 3.41. The van der Waals surface area contributed by atoms with Crippen LogP contribution in [0.2, 0.25) is 0 Å². The first-order chi connectivity index (χ1) is 20.2. The van der Waals surface area contributed by atoms with Crippen molar-refractivity contribution in [2.24, 2.45) is 5.28 Å². The minimum Gasteiger partial charge on any atom is -0.569 e. The van der Waals surface area contributed by atoms with E-state index in [1.807, 2.05) is 6.92 Å². The lowest BCUT2D eigenvalue weighted by Gasteiger charge is -2.16. The Morgan fingerprint density at radius 1 is 1.09 bits per heavy atom. The number of sulfonamides is 1. The van der Waals surface area contributed by atoms with E-state index in [1.54, 1.807) is 35.9 Å². The number of halogens is 3. The van der Waals surface area contributed by atoms with Gasteiger partial charge in [-0.1, -0.05) is 29.8 Å². The molecule has 0 saturated heterocycles. The zero-order valence-corrected chi connectivity index (χ0v) is 23.9. The van der Waals surface area contributed by atoms with E-state index in [0.717, 1.165) is 33.5 Å². The molecule has 0 bridgehead atoms. The van der Waals surface area contributed by atoms with Gasteiger partial charge in [-0.3, -0.25) is 4.79 Å². The highest BCUT2D eigenvalue weighted by molar-refractivity contribution is 7.90. The van der Waals surface area contributed by atoms with Crippen molar-refractivity contribution in [3.63, 3.8) is 0 Å². The Labute approximate surface area is 243 Å². The fraction of sp³-hybridized carbons (Fsp3) is 0.320. The second-order valence-corrected chi connectivity index (χ2v) is 10.3. The smallest absolute Gasteiger partial charge is 0.511 e. The van der Waals surface area contributed by atoms with E-state index in [1.165, 1.54) is 19.1 Å². The molecule has 0 unspecified atom stereocenters. The molecular formula is C25H27F3N6O8S. The van der Waals surface area contributed by atoms with Crippen molar-refractivity contribution in [3.05, 3.63) is 71.1 Å². The van der Waals surface area contributed by atoms with Crippen LogP contribution in [0, 0.1) is 12.1 Å². The van der Waals surface area contributed by atoms with Gasteiger partial charge in [0.15, 0.2) is 12.2 Å². The van der Waals surface area contributed by atoms with E-state index in [9.17, 15) is 36.4 Å². The molecule has 3 aromatic rings. The summed E-state index contributed by atoms with van der Waals surface area (Å²) in [6, 6.07) is 12.3. The van der Waals surface area contributed by atoms with Crippen molar-refractivity contribution in [2.45, 2.75) is 31.8 Å². The number of ether oxygens (including phenoxy) is 2. The Morgan fingerprint density at radius 3 is 2.33 bits per heavy atom. The molecule has 14 nitrogen and oxygen atoms in total. The van der Waals surface area contributed by atoms with Gasteiger partial charge in [-0.25, -0.2) is 22.6 Å². The molecule has 232 valence electrons. The zero-order valence-electron chi connectivity index (χ0n) is 23.1. The monoisotopic (exact) mass is 628 g/mol. The van der Waals surface area contributed by atoms with Crippen LogP contribution in [0.15, 0.2) is 64.8 Å². The van der Waals surface area contributed by atoms with Gasteiger partial charge in [-0.15, -0.1) is 5.01 Å². The first-order valence-electron chi connectivity index (χ1n) is 12.5. The lowest BCUT2D eigenvalue weighted by atomic mass is 10.1. The van der Waals surface area contributed by atoms with Gasteiger partial charge in [-0.05, 0) is 51.1 Å². The summed E-state index contributed by atoms with van der Waals surface area (Å²) >= 11 is 0. The number of alkyl halides is 3. The lowest BCUT2D eigenvalue weighted by Crippen LogP contribution is -2.42. The number of amides is 1. The number of carbonyl (C=O) groups is 2. The Balaban J connectivity index is 1.73. The fourth-order valence-corrected chi connectivity index (χ4v) is 4.45. The molecule has 0 aliphatic heterocycles. The van der Waals surface area contributed by atoms with E-state index in [4.69, 9.17) is 0 Å². The number of hydrazine groups is 1. The number of benzene rings is 2. The van der Waals surface area contributed by atoms with Crippen LogP contribution in [0.5, 0.6) is 0 Å². The molecular weight excluding hydrogens is 601 g/mol. The average molecular weight is 629 g/mol. The Morgan fingerprint density at radius 2 is 1.74 bits per heavy atom. The number of nitrogens with zero attached hydrogens (tertiary/aromatic N) is 5. The molecule has 18 heteroatoms. The fourth-order valence-electron chi connectivity index (χ4n) is 3.47. The van der Waals surface area contributed by atoms with Crippen molar-refractivity contribution >= 4 is 22.1 Å².